The molecular weight excluding hydrogens is 246 g/mol. The number of hydrogen-bond donors (Lipinski definition) is 3. The summed E-state index contributed by atoms with van der Waals surface area (Å²) >= 11 is 0. The van der Waals surface area contributed by atoms with Crippen LogP contribution in [0.5, 0.6) is 0 Å². The number of amides is 1. The number of unbranched alkanes of at least 4 members (excludes halogenated alkanes) is 1. The van der Waals surface area contributed by atoms with Crippen LogP contribution in [-0.2, 0) is 14.3 Å². The predicted molar refractivity (Wildman–Crippen MR) is 76.1 cm³/mol. The predicted octanol–water partition coefficient (Wildman–Crippen LogP) is -0.127. The van der Waals surface area contributed by atoms with E-state index in [0.717, 1.165) is 25.8 Å². The molecule has 0 rings (SSSR count). The van der Waals surface area contributed by atoms with E-state index >= 15 is 0 Å². The molecule has 4 N–H and O–H groups in total. The van der Waals surface area contributed by atoms with Gasteiger partial charge in [0.05, 0.1) is 19.8 Å². The van der Waals surface area contributed by atoms with Gasteiger partial charge in [0.25, 0.3) is 0 Å². The van der Waals surface area contributed by atoms with Crippen LogP contribution in [0.15, 0.2) is 0 Å². The van der Waals surface area contributed by atoms with Crippen LogP contribution >= 0.6 is 0 Å². The van der Waals surface area contributed by atoms with Crippen molar-refractivity contribution in [2.24, 2.45) is 5.73 Å². The first-order valence-electron chi connectivity index (χ1n) is 6.99. The molecule has 0 saturated carbocycles. The van der Waals surface area contributed by atoms with E-state index in [1.807, 2.05) is 14.0 Å². The Kier molecular flexibility index (Phi) is 13.2. The lowest BCUT2D eigenvalue weighted by Gasteiger charge is -2.07. The van der Waals surface area contributed by atoms with Gasteiger partial charge in [0.1, 0.15) is 6.61 Å². The molecule has 0 aromatic rings. The van der Waals surface area contributed by atoms with Gasteiger partial charge in [-0.05, 0) is 26.8 Å². The van der Waals surface area contributed by atoms with Crippen molar-refractivity contribution in [3.8, 4) is 0 Å². The van der Waals surface area contributed by atoms with Gasteiger partial charge in [-0.3, -0.25) is 4.79 Å². The molecule has 0 aromatic carbocycles. The van der Waals surface area contributed by atoms with Gasteiger partial charge >= 0.3 is 0 Å². The standard InChI is InChI=1S/C13H29N3O3/c1-12(14)5-3-4-6-16-13(17)11-19-10-9-18-8-7-15-2/h12,15H,3-11,14H2,1-2H3,(H,16,17). The molecule has 0 bridgehead atoms. The Morgan fingerprint density at radius 1 is 1.16 bits per heavy atom. The van der Waals surface area contributed by atoms with Crippen molar-refractivity contribution in [3.05, 3.63) is 0 Å². The van der Waals surface area contributed by atoms with Crippen LogP contribution in [0.4, 0.5) is 0 Å². The van der Waals surface area contributed by atoms with Crippen LogP contribution in [0.25, 0.3) is 0 Å². The number of carbonyl (C=O) groups excluding carboxylic acids is 1. The van der Waals surface area contributed by atoms with Crippen LogP contribution in [0.3, 0.4) is 0 Å². The Bertz CT molecular complexity index is 213. The van der Waals surface area contributed by atoms with Crippen molar-refractivity contribution in [1.29, 1.82) is 0 Å². The minimum atomic E-state index is -0.0731. The molecule has 0 heterocycles. The van der Waals surface area contributed by atoms with Gasteiger partial charge in [0.2, 0.25) is 5.91 Å². The fourth-order valence-electron chi connectivity index (χ4n) is 1.43. The minimum Gasteiger partial charge on any atom is -0.378 e. The highest BCUT2D eigenvalue weighted by Gasteiger charge is 2.01. The summed E-state index contributed by atoms with van der Waals surface area (Å²) in [5, 5.41) is 5.79. The lowest BCUT2D eigenvalue weighted by atomic mass is 10.1. The second-order valence-electron chi connectivity index (χ2n) is 4.59. The van der Waals surface area contributed by atoms with E-state index in [2.05, 4.69) is 10.6 Å². The van der Waals surface area contributed by atoms with E-state index in [-0.39, 0.29) is 18.6 Å². The Balaban J connectivity index is 3.17. The van der Waals surface area contributed by atoms with E-state index in [1.165, 1.54) is 0 Å². The Morgan fingerprint density at radius 2 is 1.89 bits per heavy atom. The molecule has 0 aliphatic rings. The first-order valence-corrected chi connectivity index (χ1v) is 6.99. The summed E-state index contributed by atoms with van der Waals surface area (Å²) in [6.07, 6.45) is 2.99. The van der Waals surface area contributed by atoms with Crippen molar-refractivity contribution in [1.82, 2.24) is 10.6 Å². The van der Waals surface area contributed by atoms with Gasteiger partial charge in [-0.25, -0.2) is 0 Å². The zero-order valence-electron chi connectivity index (χ0n) is 12.2. The maximum atomic E-state index is 11.4. The number of ether oxygens (including phenoxy) is 2. The smallest absolute Gasteiger partial charge is 0.245 e. The molecule has 0 aliphatic carbocycles. The highest BCUT2D eigenvalue weighted by atomic mass is 16.5. The Hall–Kier alpha value is -0.690. The molecular formula is C13H29N3O3. The molecule has 0 saturated heterocycles. The number of rotatable bonds is 13. The Labute approximate surface area is 116 Å². The summed E-state index contributed by atoms with van der Waals surface area (Å²) in [7, 11) is 1.87. The zero-order valence-corrected chi connectivity index (χ0v) is 12.2. The molecule has 1 unspecified atom stereocenters. The Morgan fingerprint density at radius 3 is 2.58 bits per heavy atom. The molecule has 0 aromatic heterocycles. The van der Waals surface area contributed by atoms with Crippen LogP contribution in [0.2, 0.25) is 0 Å². The summed E-state index contributed by atoms with van der Waals surface area (Å²) < 4.78 is 10.5. The quantitative estimate of drug-likeness (QED) is 0.408. The second kappa shape index (κ2) is 13.7. The van der Waals surface area contributed by atoms with Crippen molar-refractivity contribution >= 4 is 5.91 Å². The van der Waals surface area contributed by atoms with Crippen molar-refractivity contribution in [2.45, 2.75) is 32.2 Å². The molecule has 0 aliphatic heterocycles. The maximum Gasteiger partial charge on any atom is 0.245 e. The number of likely N-dealkylation sites (N-methyl/N-ethyl adjacent to an activating group) is 1. The summed E-state index contributed by atoms with van der Waals surface area (Å²) in [5.74, 6) is -0.0731. The fourth-order valence-corrected chi connectivity index (χ4v) is 1.43. The summed E-state index contributed by atoms with van der Waals surface area (Å²) in [6.45, 7) is 5.22. The van der Waals surface area contributed by atoms with E-state index < -0.39 is 0 Å². The molecule has 0 radical (unpaired) electrons. The van der Waals surface area contributed by atoms with E-state index in [9.17, 15) is 4.79 Å². The topological polar surface area (TPSA) is 85.6 Å². The number of carbonyl (C=O) groups is 1. The van der Waals surface area contributed by atoms with Gasteiger partial charge in [-0.2, -0.15) is 0 Å². The van der Waals surface area contributed by atoms with Crippen LogP contribution in [-0.4, -0.2) is 58.5 Å². The summed E-state index contributed by atoms with van der Waals surface area (Å²) in [4.78, 5) is 11.4. The van der Waals surface area contributed by atoms with E-state index in [1.54, 1.807) is 0 Å². The third kappa shape index (κ3) is 15.3. The summed E-state index contributed by atoms with van der Waals surface area (Å²) in [5.41, 5.74) is 5.64. The minimum absolute atomic E-state index is 0.0731. The molecule has 1 amide bonds. The first kappa shape index (κ1) is 18.3. The first-order chi connectivity index (χ1) is 9.16. The molecule has 19 heavy (non-hydrogen) atoms. The van der Waals surface area contributed by atoms with E-state index in [0.29, 0.717) is 26.4 Å². The highest BCUT2D eigenvalue weighted by Crippen LogP contribution is 1.96. The van der Waals surface area contributed by atoms with Crippen LogP contribution in [0.1, 0.15) is 26.2 Å². The molecule has 0 spiro atoms. The third-order valence-corrected chi connectivity index (χ3v) is 2.51. The highest BCUT2D eigenvalue weighted by molar-refractivity contribution is 5.77. The zero-order chi connectivity index (χ0) is 14.3. The van der Waals surface area contributed by atoms with Gasteiger partial charge in [0.15, 0.2) is 0 Å². The largest absolute Gasteiger partial charge is 0.378 e. The maximum absolute atomic E-state index is 11.4. The number of hydrogen-bond acceptors (Lipinski definition) is 5. The van der Waals surface area contributed by atoms with Gasteiger partial charge in [-0.1, -0.05) is 6.42 Å². The van der Waals surface area contributed by atoms with Crippen molar-refractivity contribution in [2.75, 3.05) is 46.6 Å². The van der Waals surface area contributed by atoms with Crippen molar-refractivity contribution < 1.29 is 14.3 Å². The lowest BCUT2D eigenvalue weighted by Crippen LogP contribution is -2.29. The average Bonchev–Trinajstić information content (AvgIpc) is 2.37. The summed E-state index contributed by atoms with van der Waals surface area (Å²) in [6, 6.07) is 0.238. The third-order valence-electron chi connectivity index (χ3n) is 2.51. The van der Waals surface area contributed by atoms with Crippen LogP contribution in [0, 0.1) is 0 Å². The number of nitrogens with one attached hydrogen (secondary N) is 2. The SMILES string of the molecule is CNCCOCCOCC(=O)NCCCCC(C)N. The monoisotopic (exact) mass is 275 g/mol. The van der Waals surface area contributed by atoms with Crippen molar-refractivity contribution in [3.63, 3.8) is 0 Å². The van der Waals surface area contributed by atoms with Crippen LogP contribution < -0.4 is 16.4 Å². The normalized spacial score (nSPS) is 12.4. The lowest BCUT2D eigenvalue weighted by molar-refractivity contribution is -0.126. The second-order valence-corrected chi connectivity index (χ2v) is 4.59. The fraction of sp³-hybridized carbons (Fsp3) is 0.923. The molecule has 6 nitrogen and oxygen atoms in total. The van der Waals surface area contributed by atoms with Gasteiger partial charge in [0, 0.05) is 19.1 Å². The van der Waals surface area contributed by atoms with Gasteiger partial charge in [-0.15, -0.1) is 0 Å². The van der Waals surface area contributed by atoms with Gasteiger partial charge < -0.3 is 25.8 Å². The molecule has 0 fully saturated rings. The molecule has 114 valence electrons. The van der Waals surface area contributed by atoms with E-state index in [4.69, 9.17) is 15.2 Å². The molecule has 1 atom stereocenters. The average molecular weight is 275 g/mol. The number of nitrogens with two attached hydrogens (primary N) is 1. The molecule has 6 heteroatoms.